The van der Waals surface area contributed by atoms with Gasteiger partial charge in [0.1, 0.15) is 11.6 Å². The molecule has 1 amide bonds. The van der Waals surface area contributed by atoms with Crippen molar-refractivity contribution in [1.82, 2.24) is 20.1 Å². The first-order valence-corrected chi connectivity index (χ1v) is 10.3. The number of carbonyl (C=O) groups is 1. The molecule has 1 aromatic heterocycles. The molecule has 0 spiro atoms. The number of nitrogens with zero attached hydrogens (tertiary/aromatic N) is 3. The van der Waals surface area contributed by atoms with E-state index in [9.17, 15) is 9.18 Å². The van der Waals surface area contributed by atoms with Gasteiger partial charge in [0.15, 0.2) is 11.0 Å². The predicted molar refractivity (Wildman–Crippen MR) is 111 cm³/mol. The van der Waals surface area contributed by atoms with Crippen molar-refractivity contribution in [2.45, 2.75) is 31.6 Å². The van der Waals surface area contributed by atoms with Crippen LogP contribution >= 0.6 is 11.8 Å². The molecule has 29 heavy (non-hydrogen) atoms. The fourth-order valence-corrected chi connectivity index (χ4v) is 3.77. The van der Waals surface area contributed by atoms with Crippen molar-refractivity contribution in [2.75, 3.05) is 12.9 Å². The van der Waals surface area contributed by atoms with E-state index in [1.165, 1.54) is 23.9 Å². The third-order valence-electron chi connectivity index (χ3n) is 4.46. The number of thioether (sulfide) groups is 1. The molecule has 0 aliphatic heterocycles. The number of hydrogen-bond acceptors (Lipinski definition) is 5. The molecule has 0 aliphatic carbocycles. The Hall–Kier alpha value is -2.87. The Kier molecular flexibility index (Phi) is 6.87. The van der Waals surface area contributed by atoms with Crippen LogP contribution in [0.2, 0.25) is 0 Å². The van der Waals surface area contributed by atoms with Crippen LogP contribution in [0.25, 0.3) is 11.4 Å². The minimum atomic E-state index is -0.299. The van der Waals surface area contributed by atoms with Crippen LogP contribution in [0.4, 0.5) is 4.39 Å². The lowest BCUT2D eigenvalue weighted by Gasteiger charge is -2.14. The quantitative estimate of drug-likeness (QED) is 0.563. The zero-order valence-corrected chi connectivity index (χ0v) is 17.4. The number of nitrogens with one attached hydrogen (secondary N) is 1. The van der Waals surface area contributed by atoms with Gasteiger partial charge in [-0.1, -0.05) is 36.0 Å². The first kappa shape index (κ1) is 20.9. The number of aromatic nitrogens is 3. The van der Waals surface area contributed by atoms with Crippen LogP contribution in [0, 0.1) is 5.82 Å². The van der Waals surface area contributed by atoms with Gasteiger partial charge in [0, 0.05) is 6.54 Å². The Bertz CT molecular complexity index is 975. The zero-order valence-electron chi connectivity index (χ0n) is 16.6. The maximum Gasteiger partial charge on any atom is 0.230 e. The molecule has 3 rings (SSSR count). The van der Waals surface area contributed by atoms with Gasteiger partial charge in [0.25, 0.3) is 0 Å². The average Bonchev–Trinajstić information content (AvgIpc) is 3.15. The molecule has 1 unspecified atom stereocenters. The van der Waals surface area contributed by atoms with Gasteiger partial charge < -0.3 is 14.6 Å². The van der Waals surface area contributed by atoms with Crippen molar-refractivity contribution in [3.05, 3.63) is 59.9 Å². The minimum Gasteiger partial charge on any atom is -0.496 e. The summed E-state index contributed by atoms with van der Waals surface area (Å²) in [5.74, 6) is 1.20. The van der Waals surface area contributed by atoms with Gasteiger partial charge in [-0.3, -0.25) is 4.79 Å². The van der Waals surface area contributed by atoms with E-state index in [-0.39, 0.29) is 23.5 Å². The van der Waals surface area contributed by atoms with Crippen LogP contribution < -0.4 is 10.1 Å². The van der Waals surface area contributed by atoms with Crippen molar-refractivity contribution >= 4 is 17.7 Å². The number of methoxy groups -OCH3 is 1. The monoisotopic (exact) mass is 414 g/mol. The highest BCUT2D eigenvalue weighted by Gasteiger charge is 2.18. The fourth-order valence-electron chi connectivity index (χ4n) is 2.96. The van der Waals surface area contributed by atoms with Gasteiger partial charge in [-0.25, -0.2) is 4.39 Å². The number of benzene rings is 2. The maximum atomic E-state index is 13.1. The van der Waals surface area contributed by atoms with Crippen molar-refractivity contribution in [3.63, 3.8) is 0 Å². The molecular weight excluding hydrogens is 391 g/mol. The minimum absolute atomic E-state index is 0.128. The highest BCUT2D eigenvalue weighted by Crippen LogP contribution is 2.30. The van der Waals surface area contributed by atoms with E-state index < -0.39 is 0 Å². The molecule has 0 aliphatic rings. The maximum absolute atomic E-state index is 13.1. The number of hydrogen-bond donors (Lipinski definition) is 1. The molecule has 0 fully saturated rings. The van der Waals surface area contributed by atoms with E-state index in [4.69, 9.17) is 4.74 Å². The van der Waals surface area contributed by atoms with Crippen molar-refractivity contribution in [3.8, 4) is 17.1 Å². The van der Waals surface area contributed by atoms with Crippen LogP contribution in [0.1, 0.15) is 25.5 Å². The Morgan fingerprint density at radius 2 is 1.93 bits per heavy atom. The van der Waals surface area contributed by atoms with E-state index in [0.29, 0.717) is 17.5 Å². The lowest BCUT2D eigenvalue weighted by atomic mass is 10.1. The van der Waals surface area contributed by atoms with Gasteiger partial charge in [-0.15, -0.1) is 10.2 Å². The fraction of sp³-hybridized carbons (Fsp3) is 0.286. The Morgan fingerprint density at radius 3 is 2.62 bits per heavy atom. The van der Waals surface area contributed by atoms with Crippen LogP contribution in [-0.4, -0.2) is 33.5 Å². The van der Waals surface area contributed by atoms with Crippen LogP contribution in [0.3, 0.4) is 0 Å². The van der Waals surface area contributed by atoms with Crippen molar-refractivity contribution in [1.29, 1.82) is 0 Å². The summed E-state index contributed by atoms with van der Waals surface area (Å²) in [6.45, 7) is 4.53. The largest absolute Gasteiger partial charge is 0.496 e. The molecule has 1 atom stereocenters. The Morgan fingerprint density at radius 1 is 1.21 bits per heavy atom. The second-order valence-corrected chi connectivity index (χ2v) is 7.32. The lowest BCUT2D eigenvalue weighted by Crippen LogP contribution is -2.28. The third-order valence-corrected chi connectivity index (χ3v) is 5.43. The van der Waals surface area contributed by atoms with Crippen molar-refractivity contribution < 1.29 is 13.9 Å². The van der Waals surface area contributed by atoms with Gasteiger partial charge >= 0.3 is 0 Å². The summed E-state index contributed by atoms with van der Waals surface area (Å²) in [5, 5.41) is 12.1. The summed E-state index contributed by atoms with van der Waals surface area (Å²) in [6.07, 6.45) is 0. The Labute approximate surface area is 173 Å². The summed E-state index contributed by atoms with van der Waals surface area (Å²) in [4.78, 5) is 12.4. The summed E-state index contributed by atoms with van der Waals surface area (Å²) >= 11 is 1.32. The highest BCUT2D eigenvalue weighted by molar-refractivity contribution is 7.99. The van der Waals surface area contributed by atoms with Crippen LogP contribution in [0.15, 0.2) is 53.7 Å². The zero-order chi connectivity index (χ0) is 20.8. The molecule has 1 heterocycles. The topological polar surface area (TPSA) is 69.0 Å². The molecule has 6 nitrogen and oxygen atoms in total. The smallest absolute Gasteiger partial charge is 0.230 e. The van der Waals surface area contributed by atoms with Crippen LogP contribution in [-0.2, 0) is 11.3 Å². The standard InChI is InChI=1S/C21H23FN4O2S/c1-4-26-20(17-7-5-6-8-18(17)28-3)24-25-21(26)29-13-19(27)23-14(2)15-9-11-16(22)12-10-15/h5-12,14H,4,13H2,1-3H3,(H,23,27). The number of halogens is 1. The third kappa shape index (κ3) is 4.95. The summed E-state index contributed by atoms with van der Waals surface area (Å²) in [7, 11) is 1.62. The second-order valence-electron chi connectivity index (χ2n) is 6.38. The Balaban J connectivity index is 1.67. The molecule has 0 saturated heterocycles. The number of rotatable bonds is 8. The normalized spacial score (nSPS) is 11.9. The van der Waals surface area contributed by atoms with Gasteiger partial charge in [0.05, 0.1) is 24.5 Å². The van der Waals surface area contributed by atoms with E-state index >= 15 is 0 Å². The van der Waals surface area contributed by atoms with E-state index in [0.717, 1.165) is 16.9 Å². The summed E-state index contributed by atoms with van der Waals surface area (Å²) in [6, 6.07) is 13.5. The average molecular weight is 415 g/mol. The molecule has 1 N–H and O–H groups in total. The SMILES string of the molecule is CCn1c(SCC(=O)NC(C)c2ccc(F)cc2)nnc1-c1ccccc1OC. The van der Waals surface area contributed by atoms with Crippen molar-refractivity contribution in [2.24, 2.45) is 0 Å². The number of para-hydroxylation sites is 1. The van der Waals surface area contributed by atoms with Gasteiger partial charge in [-0.2, -0.15) is 0 Å². The molecule has 0 saturated carbocycles. The lowest BCUT2D eigenvalue weighted by molar-refractivity contribution is -0.119. The first-order chi connectivity index (χ1) is 14.0. The highest BCUT2D eigenvalue weighted by atomic mass is 32.2. The predicted octanol–water partition coefficient (Wildman–Crippen LogP) is 4.08. The molecular formula is C21H23FN4O2S. The van der Waals surface area contributed by atoms with Gasteiger partial charge in [0.2, 0.25) is 5.91 Å². The van der Waals surface area contributed by atoms with E-state index in [1.54, 1.807) is 19.2 Å². The second kappa shape index (κ2) is 9.56. The number of amides is 1. The molecule has 8 heteroatoms. The number of carbonyl (C=O) groups excluding carboxylic acids is 1. The molecule has 0 bridgehead atoms. The van der Waals surface area contributed by atoms with E-state index in [2.05, 4.69) is 15.5 Å². The summed E-state index contributed by atoms with van der Waals surface area (Å²) in [5.41, 5.74) is 1.70. The molecule has 2 aromatic carbocycles. The number of ether oxygens (including phenoxy) is 1. The molecule has 3 aromatic rings. The van der Waals surface area contributed by atoms with Gasteiger partial charge in [-0.05, 0) is 43.7 Å². The van der Waals surface area contributed by atoms with E-state index in [1.807, 2.05) is 42.7 Å². The van der Waals surface area contributed by atoms with Crippen LogP contribution in [0.5, 0.6) is 5.75 Å². The molecule has 152 valence electrons. The molecule has 0 radical (unpaired) electrons. The summed E-state index contributed by atoms with van der Waals surface area (Å²) < 4.78 is 20.4. The first-order valence-electron chi connectivity index (χ1n) is 9.27.